The predicted octanol–water partition coefficient (Wildman–Crippen LogP) is -1.15. The van der Waals surface area contributed by atoms with Crippen molar-refractivity contribution in [3.05, 3.63) is 0 Å². The number of hydrogen-bond donors (Lipinski definition) is 3. The minimum absolute atomic E-state index is 0.265. The van der Waals surface area contributed by atoms with Gasteiger partial charge in [-0.05, 0) is 5.92 Å². The molecule has 4 N–H and O–H groups in total. The molecule has 0 aliphatic carbocycles. The molecule has 1 heterocycles. The Bertz CT molecular complexity index is 143. The third-order valence-corrected chi connectivity index (χ3v) is 2.60. The smallest absolute Gasteiger partial charge is 0.0468 e. The third kappa shape index (κ3) is 3.23. The highest BCUT2D eigenvalue weighted by atomic mass is 16.3. The lowest BCUT2D eigenvalue weighted by Crippen LogP contribution is -2.55. The van der Waals surface area contributed by atoms with Crippen LogP contribution in [0.2, 0.25) is 0 Å². The number of rotatable bonds is 4. The van der Waals surface area contributed by atoms with Gasteiger partial charge in [-0.3, -0.25) is 4.90 Å². The van der Waals surface area contributed by atoms with Crippen molar-refractivity contribution in [1.29, 1.82) is 0 Å². The van der Waals surface area contributed by atoms with E-state index in [2.05, 4.69) is 17.1 Å². The second-order valence-corrected chi connectivity index (χ2v) is 3.88. The van der Waals surface area contributed by atoms with Gasteiger partial charge in [-0.1, -0.05) is 6.92 Å². The standard InChI is InChI=1S/C9H21N3O/c1-8(7-13)6-12-3-2-11-5-9(12)4-10/h8-9,11,13H,2-7,10H2,1H3. The van der Waals surface area contributed by atoms with Crippen molar-refractivity contribution >= 4 is 0 Å². The van der Waals surface area contributed by atoms with Crippen molar-refractivity contribution in [3.8, 4) is 0 Å². The van der Waals surface area contributed by atoms with Gasteiger partial charge < -0.3 is 16.2 Å². The molecule has 4 heteroatoms. The zero-order chi connectivity index (χ0) is 9.68. The van der Waals surface area contributed by atoms with Crippen LogP contribution in [-0.2, 0) is 0 Å². The molecule has 1 fully saturated rings. The van der Waals surface area contributed by atoms with E-state index in [1.54, 1.807) is 0 Å². The van der Waals surface area contributed by atoms with E-state index < -0.39 is 0 Å². The summed E-state index contributed by atoms with van der Waals surface area (Å²) in [5.74, 6) is 0.354. The lowest BCUT2D eigenvalue weighted by molar-refractivity contribution is 0.119. The Morgan fingerprint density at radius 1 is 1.69 bits per heavy atom. The molecule has 1 aliphatic rings. The van der Waals surface area contributed by atoms with E-state index in [-0.39, 0.29) is 6.61 Å². The van der Waals surface area contributed by atoms with E-state index in [0.717, 1.165) is 26.2 Å². The third-order valence-electron chi connectivity index (χ3n) is 2.60. The molecule has 2 unspecified atom stereocenters. The molecule has 1 rings (SSSR count). The van der Waals surface area contributed by atoms with E-state index in [1.165, 1.54) is 0 Å². The highest BCUT2D eigenvalue weighted by Crippen LogP contribution is 2.05. The summed E-state index contributed by atoms with van der Waals surface area (Å²) in [4.78, 5) is 2.37. The summed E-state index contributed by atoms with van der Waals surface area (Å²) in [6.45, 7) is 7.05. The van der Waals surface area contributed by atoms with Gasteiger partial charge in [-0.2, -0.15) is 0 Å². The minimum Gasteiger partial charge on any atom is -0.396 e. The molecule has 0 aromatic heterocycles. The van der Waals surface area contributed by atoms with Crippen LogP contribution in [0, 0.1) is 5.92 Å². The first-order chi connectivity index (χ1) is 6.27. The van der Waals surface area contributed by atoms with Crippen molar-refractivity contribution < 1.29 is 5.11 Å². The molecule has 0 saturated carbocycles. The highest BCUT2D eigenvalue weighted by molar-refractivity contribution is 4.81. The lowest BCUT2D eigenvalue weighted by atomic mass is 10.1. The van der Waals surface area contributed by atoms with E-state index in [4.69, 9.17) is 10.8 Å². The van der Waals surface area contributed by atoms with Gasteiger partial charge in [0.25, 0.3) is 0 Å². The highest BCUT2D eigenvalue weighted by Gasteiger charge is 2.21. The maximum absolute atomic E-state index is 8.95. The Hall–Kier alpha value is -0.160. The fourth-order valence-corrected chi connectivity index (χ4v) is 1.73. The van der Waals surface area contributed by atoms with Crippen LogP contribution in [-0.4, -0.2) is 55.4 Å². The first-order valence-corrected chi connectivity index (χ1v) is 5.03. The molecule has 0 amide bonds. The topological polar surface area (TPSA) is 61.5 Å². The van der Waals surface area contributed by atoms with E-state index >= 15 is 0 Å². The van der Waals surface area contributed by atoms with Crippen molar-refractivity contribution in [3.63, 3.8) is 0 Å². The summed E-state index contributed by atoms with van der Waals surface area (Å²) in [6.07, 6.45) is 0. The number of nitrogens with zero attached hydrogens (tertiary/aromatic N) is 1. The molecule has 1 saturated heterocycles. The maximum Gasteiger partial charge on any atom is 0.0468 e. The molecule has 0 radical (unpaired) electrons. The SMILES string of the molecule is CC(CO)CN1CCNCC1CN. The Labute approximate surface area is 80.1 Å². The lowest BCUT2D eigenvalue weighted by Gasteiger charge is -2.36. The van der Waals surface area contributed by atoms with Crippen LogP contribution in [0.4, 0.5) is 0 Å². The number of hydrogen-bond acceptors (Lipinski definition) is 4. The summed E-state index contributed by atoms with van der Waals surface area (Å²) in [5.41, 5.74) is 5.67. The van der Waals surface area contributed by atoms with Crippen molar-refractivity contribution in [2.24, 2.45) is 11.7 Å². The Morgan fingerprint density at radius 2 is 2.46 bits per heavy atom. The van der Waals surface area contributed by atoms with Crippen LogP contribution in [0.25, 0.3) is 0 Å². The molecule has 0 spiro atoms. The molecule has 78 valence electrons. The quantitative estimate of drug-likeness (QED) is 0.520. The Balaban J connectivity index is 2.35. The monoisotopic (exact) mass is 187 g/mol. The number of aliphatic hydroxyl groups is 1. The van der Waals surface area contributed by atoms with Gasteiger partial charge in [0, 0.05) is 45.4 Å². The molecule has 0 bridgehead atoms. The normalized spacial score (nSPS) is 27.5. The summed E-state index contributed by atoms with van der Waals surface area (Å²) >= 11 is 0. The first-order valence-electron chi connectivity index (χ1n) is 5.03. The first kappa shape index (κ1) is 10.9. The predicted molar refractivity (Wildman–Crippen MR) is 53.5 cm³/mol. The average Bonchev–Trinajstić information content (AvgIpc) is 2.18. The van der Waals surface area contributed by atoms with Crippen LogP contribution < -0.4 is 11.1 Å². The van der Waals surface area contributed by atoms with Crippen LogP contribution in [0.3, 0.4) is 0 Å². The van der Waals surface area contributed by atoms with E-state index in [9.17, 15) is 0 Å². The molecular formula is C9H21N3O. The molecule has 4 nitrogen and oxygen atoms in total. The van der Waals surface area contributed by atoms with Crippen LogP contribution in [0.15, 0.2) is 0 Å². The molecule has 1 aliphatic heterocycles. The summed E-state index contributed by atoms with van der Waals surface area (Å²) in [5, 5.41) is 12.3. The Morgan fingerprint density at radius 3 is 3.08 bits per heavy atom. The number of aliphatic hydroxyl groups excluding tert-OH is 1. The van der Waals surface area contributed by atoms with E-state index in [0.29, 0.717) is 18.5 Å². The fourth-order valence-electron chi connectivity index (χ4n) is 1.73. The second kappa shape index (κ2) is 5.54. The van der Waals surface area contributed by atoms with Gasteiger partial charge in [0.15, 0.2) is 0 Å². The summed E-state index contributed by atoms with van der Waals surface area (Å²) in [6, 6.07) is 0.447. The Kier molecular flexibility index (Phi) is 4.66. The van der Waals surface area contributed by atoms with Crippen molar-refractivity contribution in [2.75, 3.05) is 39.3 Å². The fraction of sp³-hybridized carbons (Fsp3) is 1.00. The van der Waals surface area contributed by atoms with Gasteiger partial charge in [-0.15, -0.1) is 0 Å². The van der Waals surface area contributed by atoms with Gasteiger partial charge in [-0.25, -0.2) is 0 Å². The summed E-state index contributed by atoms with van der Waals surface area (Å²) in [7, 11) is 0. The largest absolute Gasteiger partial charge is 0.396 e. The van der Waals surface area contributed by atoms with Crippen molar-refractivity contribution in [2.45, 2.75) is 13.0 Å². The van der Waals surface area contributed by atoms with Crippen molar-refractivity contribution in [1.82, 2.24) is 10.2 Å². The second-order valence-electron chi connectivity index (χ2n) is 3.88. The molecule has 13 heavy (non-hydrogen) atoms. The molecule has 0 aromatic rings. The zero-order valence-corrected chi connectivity index (χ0v) is 8.37. The van der Waals surface area contributed by atoms with Gasteiger partial charge in [0.1, 0.15) is 0 Å². The summed E-state index contributed by atoms with van der Waals surface area (Å²) < 4.78 is 0. The molecular weight excluding hydrogens is 166 g/mol. The average molecular weight is 187 g/mol. The van der Waals surface area contributed by atoms with E-state index in [1.807, 2.05) is 0 Å². The molecule has 0 aromatic carbocycles. The van der Waals surface area contributed by atoms with Gasteiger partial charge in [0.2, 0.25) is 0 Å². The maximum atomic E-state index is 8.95. The molecule has 2 atom stereocenters. The van der Waals surface area contributed by atoms with Gasteiger partial charge in [0.05, 0.1) is 0 Å². The number of nitrogens with two attached hydrogens (primary N) is 1. The van der Waals surface area contributed by atoms with Crippen LogP contribution in [0.5, 0.6) is 0 Å². The van der Waals surface area contributed by atoms with Gasteiger partial charge >= 0.3 is 0 Å². The van der Waals surface area contributed by atoms with Crippen LogP contribution >= 0.6 is 0 Å². The zero-order valence-electron chi connectivity index (χ0n) is 8.37. The number of nitrogens with one attached hydrogen (secondary N) is 1. The minimum atomic E-state index is 0.265. The van der Waals surface area contributed by atoms with Crippen LogP contribution in [0.1, 0.15) is 6.92 Å². The number of piperazine rings is 1.